The molecular weight excluding hydrogens is 240 g/mol. The fourth-order valence-electron chi connectivity index (χ4n) is 2.16. The van der Waals surface area contributed by atoms with Crippen molar-refractivity contribution in [3.05, 3.63) is 23.4 Å². The van der Waals surface area contributed by atoms with Crippen molar-refractivity contribution in [3.8, 4) is 0 Å². The van der Waals surface area contributed by atoms with Crippen molar-refractivity contribution in [2.45, 2.75) is 32.6 Å². The van der Waals surface area contributed by atoms with Crippen LogP contribution >= 0.6 is 0 Å². The summed E-state index contributed by atoms with van der Waals surface area (Å²) >= 11 is 0. The summed E-state index contributed by atoms with van der Waals surface area (Å²) in [5.41, 5.74) is 4.10. The van der Waals surface area contributed by atoms with Gasteiger partial charge >= 0.3 is 0 Å². The Morgan fingerprint density at radius 2 is 2.26 bits per heavy atom. The van der Waals surface area contributed by atoms with Gasteiger partial charge in [-0.1, -0.05) is 13.3 Å². The largest absolute Gasteiger partial charge is 0.341 e. The second kappa shape index (κ2) is 6.02. The van der Waals surface area contributed by atoms with Crippen LogP contribution in [0.15, 0.2) is 12.1 Å². The molecule has 1 heterocycles. The summed E-state index contributed by atoms with van der Waals surface area (Å²) in [5, 5.41) is 0. The van der Waals surface area contributed by atoms with Crippen LogP contribution in [0.1, 0.15) is 42.2 Å². The molecule has 0 aliphatic heterocycles. The van der Waals surface area contributed by atoms with E-state index < -0.39 is 0 Å². The molecule has 1 aromatic rings. The number of hydrogen-bond acceptors (Lipinski definition) is 4. The van der Waals surface area contributed by atoms with Gasteiger partial charge in [-0.15, -0.1) is 0 Å². The second-order valence-corrected chi connectivity index (χ2v) is 5.26. The first-order chi connectivity index (χ1) is 9.13. The van der Waals surface area contributed by atoms with E-state index in [0.717, 1.165) is 25.1 Å². The van der Waals surface area contributed by atoms with Gasteiger partial charge in [-0.05, 0) is 37.3 Å². The minimum absolute atomic E-state index is 0.0446. The van der Waals surface area contributed by atoms with E-state index in [1.165, 1.54) is 12.8 Å². The van der Waals surface area contributed by atoms with Crippen LogP contribution in [0, 0.1) is 5.92 Å². The van der Waals surface area contributed by atoms with E-state index in [9.17, 15) is 4.79 Å². The maximum atomic E-state index is 12.4. The van der Waals surface area contributed by atoms with Gasteiger partial charge in [0.15, 0.2) is 0 Å². The van der Waals surface area contributed by atoms with Gasteiger partial charge < -0.3 is 10.3 Å². The summed E-state index contributed by atoms with van der Waals surface area (Å²) in [4.78, 5) is 18.5. The molecule has 3 N–H and O–H groups in total. The molecule has 2 rings (SSSR count). The number of carbonyl (C=O) groups excluding carboxylic acids is 1. The molecule has 1 aliphatic rings. The Hall–Kier alpha value is -1.62. The average molecular weight is 262 g/mol. The smallest absolute Gasteiger partial charge is 0.253 e. The van der Waals surface area contributed by atoms with Crippen LogP contribution < -0.4 is 11.3 Å². The van der Waals surface area contributed by atoms with Gasteiger partial charge in [-0.25, -0.2) is 10.8 Å². The number of anilines is 1. The third kappa shape index (κ3) is 3.67. The molecule has 5 heteroatoms. The van der Waals surface area contributed by atoms with Crippen molar-refractivity contribution in [1.82, 2.24) is 9.88 Å². The zero-order valence-electron chi connectivity index (χ0n) is 11.6. The monoisotopic (exact) mass is 262 g/mol. The Kier molecular flexibility index (Phi) is 4.37. The Bertz CT molecular complexity index is 457. The molecule has 1 saturated carbocycles. The van der Waals surface area contributed by atoms with Crippen molar-refractivity contribution >= 4 is 11.7 Å². The van der Waals surface area contributed by atoms with Crippen molar-refractivity contribution in [2.24, 2.45) is 11.8 Å². The molecule has 1 amide bonds. The molecule has 5 nitrogen and oxygen atoms in total. The lowest BCUT2D eigenvalue weighted by Gasteiger charge is -2.17. The molecule has 0 unspecified atom stereocenters. The van der Waals surface area contributed by atoms with Gasteiger partial charge in [-0.3, -0.25) is 4.79 Å². The number of nitrogens with two attached hydrogens (primary N) is 1. The number of aryl methyl sites for hydroxylation is 1. The average Bonchev–Trinajstić information content (AvgIpc) is 3.21. The van der Waals surface area contributed by atoms with Crippen LogP contribution in [0.4, 0.5) is 5.82 Å². The first-order valence-corrected chi connectivity index (χ1v) is 6.87. The van der Waals surface area contributed by atoms with Crippen molar-refractivity contribution in [3.63, 3.8) is 0 Å². The number of hydrogen-bond donors (Lipinski definition) is 2. The number of nitrogens with one attached hydrogen (secondary N) is 1. The fraction of sp³-hybridized carbons (Fsp3) is 0.571. The third-order valence-electron chi connectivity index (χ3n) is 3.36. The van der Waals surface area contributed by atoms with Gasteiger partial charge in [0.25, 0.3) is 5.91 Å². The van der Waals surface area contributed by atoms with Gasteiger partial charge in [-0.2, -0.15) is 0 Å². The molecule has 0 aromatic carbocycles. The fourth-order valence-corrected chi connectivity index (χ4v) is 2.16. The van der Waals surface area contributed by atoms with Gasteiger partial charge in [0, 0.05) is 24.8 Å². The number of aromatic nitrogens is 1. The highest BCUT2D eigenvalue weighted by Crippen LogP contribution is 2.29. The standard InChI is InChI=1S/C14H22N4O/c1-3-4-12-7-11(8-13(16-12)17-15)14(19)18(2)9-10-5-6-10/h7-8,10H,3-6,9,15H2,1-2H3,(H,16,17). The highest BCUT2D eigenvalue weighted by atomic mass is 16.2. The van der Waals surface area contributed by atoms with E-state index in [0.29, 0.717) is 17.3 Å². The molecule has 104 valence electrons. The van der Waals surface area contributed by atoms with E-state index in [-0.39, 0.29) is 5.91 Å². The maximum Gasteiger partial charge on any atom is 0.253 e. The molecule has 1 aliphatic carbocycles. The summed E-state index contributed by atoms with van der Waals surface area (Å²) in [6.07, 6.45) is 4.32. The van der Waals surface area contributed by atoms with Gasteiger partial charge in [0.1, 0.15) is 5.82 Å². The number of carbonyl (C=O) groups is 1. The quantitative estimate of drug-likeness (QED) is 0.606. The van der Waals surface area contributed by atoms with Crippen LogP contribution in [-0.4, -0.2) is 29.4 Å². The summed E-state index contributed by atoms with van der Waals surface area (Å²) in [7, 11) is 1.86. The summed E-state index contributed by atoms with van der Waals surface area (Å²) < 4.78 is 0. The van der Waals surface area contributed by atoms with Crippen LogP contribution in [0.5, 0.6) is 0 Å². The van der Waals surface area contributed by atoms with E-state index >= 15 is 0 Å². The van der Waals surface area contributed by atoms with Crippen LogP contribution in [-0.2, 0) is 6.42 Å². The molecule has 1 fully saturated rings. The highest BCUT2D eigenvalue weighted by Gasteiger charge is 2.25. The minimum Gasteiger partial charge on any atom is -0.341 e. The predicted molar refractivity (Wildman–Crippen MR) is 75.7 cm³/mol. The Morgan fingerprint density at radius 1 is 1.53 bits per heavy atom. The molecule has 0 atom stereocenters. The Labute approximate surface area is 114 Å². The molecule has 0 spiro atoms. The Balaban J connectivity index is 2.16. The first-order valence-electron chi connectivity index (χ1n) is 6.87. The van der Waals surface area contributed by atoms with Gasteiger partial charge in [0.05, 0.1) is 0 Å². The summed E-state index contributed by atoms with van der Waals surface area (Å²) in [6.45, 7) is 2.93. The van der Waals surface area contributed by atoms with E-state index in [4.69, 9.17) is 5.84 Å². The highest BCUT2D eigenvalue weighted by molar-refractivity contribution is 5.94. The molecule has 0 bridgehead atoms. The first kappa shape index (κ1) is 13.8. The van der Waals surface area contributed by atoms with Crippen LogP contribution in [0.2, 0.25) is 0 Å². The maximum absolute atomic E-state index is 12.4. The molecule has 1 aromatic heterocycles. The lowest BCUT2D eigenvalue weighted by atomic mass is 10.1. The number of amides is 1. The minimum atomic E-state index is 0.0446. The number of nitrogen functional groups attached to an aromatic ring is 1. The number of rotatable bonds is 6. The molecule has 0 radical (unpaired) electrons. The SMILES string of the molecule is CCCc1cc(C(=O)N(C)CC2CC2)cc(NN)n1. The lowest BCUT2D eigenvalue weighted by Crippen LogP contribution is -2.29. The number of hydrazine groups is 1. The number of pyridine rings is 1. The predicted octanol–water partition coefficient (Wildman–Crippen LogP) is 1.80. The van der Waals surface area contributed by atoms with E-state index in [1.54, 1.807) is 11.0 Å². The zero-order chi connectivity index (χ0) is 13.8. The van der Waals surface area contributed by atoms with E-state index in [2.05, 4.69) is 17.3 Å². The van der Waals surface area contributed by atoms with E-state index in [1.807, 2.05) is 13.1 Å². The van der Waals surface area contributed by atoms with Crippen LogP contribution in [0.25, 0.3) is 0 Å². The summed E-state index contributed by atoms with van der Waals surface area (Å²) in [5.74, 6) is 6.70. The second-order valence-electron chi connectivity index (χ2n) is 5.26. The normalized spacial score (nSPS) is 14.3. The lowest BCUT2D eigenvalue weighted by molar-refractivity contribution is 0.0788. The van der Waals surface area contributed by atoms with Crippen molar-refractivity contribution < 1.29 is 4.79 Å². The Morgan fingerprint density at radius 3 is 2.84 bits per heavy atom. The molecule has 19 heavy (non-hydrogen) atoms. The topological polar surface area (TPSA) is 71.2 Å². The third-order valence-corrected chi connectivity index (χ3v) is 3.36. The zero-order valence-corrected chi connectivity index (χ0v) is 11.6. The van der Waals surface area contributed by atoms with Gasteiger partial charge in [0.2, 0.25) is 0 Å². The summed E-state index contributed by atoms with van der Waals surface area (Å²) in [6, 6.07) is 3.58. The van der Waals surface area contributed by atoms with Crippen molar-refractivity contribution in [2.75, 3.05) is 19.0 Å². The van der Waals surface area contributed by atoms with Crippen molar-refractivity contribution in [1.29, 1.82) is 0 Å². The number of nitrogens with zero attached hydrogens (tertiary/aromatic N) is 2. The molecule has 0 saturated heterocycles. The van der Waals surface area contributed by atoms with Crippen LogP contribution in [0.3, 0.4) is 0 Å². The molecular formula is C14H22N4O.